The number of H-pyrrole nitrogens is 1. The molecule has 2 rings (SSSR count). The summed E-state index contributed by atoms with van der Waals surface area (Å²) in [5, 5.41) is 0. The molecule has 2 aromatic rings. The van der Waals surface area contributed by atoms with Crippen LogP contribution in [0.25, 0.3) is 11.3 Å². The Labute approximate surface area is 92.0 Å². The summed E-state index contributed by atoms with van der Waals surface area (Å²) in [6.07, 6.45) is 0. The standard InChI is InChI=1S/C12H11FN2O/c1-7-11(14-8(2)15-12(7)16)9-3-5-10(13)6-4-9/h3-6H,1-2H3,(H,14,15,16). The monoisotopic (exact) mass is 218 g/mol. The van der Waals surface area contributed by atoms with Gasteiger partial charge in [0.25, 0.3) is 5.56 Å². The van der Waals surface area contributed by atoms with Gasteiger partial charge in [0.2, 0.25) is 0 Å². The van der Waals surface area contributed by atoms with E-state index in [9.17, 15) is 9.18 Å². The number of benzene rings is 1. The summed E-state index contributed by atoms with van der Waals surface area (Å²) in [5.74, 6) is 0.248. The molecule has 1 aromatic heterocycles. The third-order valence-electron chi connectivity index (χ3n) is 2.39. The van der Waals surface area contributed by atoms with Crippen molar-refractivity contribution in [1.82, 2.24) is 9.97 Å². The molecule has 0 saturated heterocycles. The third kappa shape index (κ3) is 1.86. The molecule has 0 amide bonds. The molecule has 0 saturated carbocycles. The average Bonchev–Trinajstić information content (AvgIpc) is 2.25. The Balaban J connectivity index is 2.64. The topological polar surface area (TPSA) is 45.8 Å². The first-order valence-corrected chi connectivity index (χ1v) is 4.91. The quantitative estimate of drug-likeness (QED) is 0.797. The summed E-state index contributed by atoms with van der Waals surface area (Å²) in [6.45, 7) is 3.41. The number of hydrogen-bond acceptors (Lipinski definition) is 2. The van der Waals surface area contributed by atoms with Crippen LogP contribution in [-0.4, -0.2) is 9.97 Å². The Morgan fingerprint density at radius 1 is 1.19 bits per heavy atom. The Bertz CT molecular complexity index is 573. The van der Waals surface area contributed by atoms with Crippen molar-refractivity contribution in [3.63, 3.8) is 0 Å². The number of aryl methyl sites for hydroxylation is 1. The second-order valence-electron chi connectivity index (χ2n) is 3.63. The average molecular weight is 218 g/mol. The maximum absolute atomic E-state index is 12.8. The van der Waals surface area contributed by atoms with Gasteiger partial charge in [-0.1, -0.05) is 0 Å². The van der Waals surface area contributed by atoms with Gasteiger partial charge in [-0.15, -0.1) is 0 Å². The Hall–Kier alpha value is -1.97. The molecule has 0 radical (unpaired) electrons. The maximum atomic E-state index is 12.8. The summed E-state index contributed by atoms with van der Waals surface area (Å²) < 4.78 is 12.8. The largest absolute Gasteiger partial charge is 0.311 e. The lowest BCUT2D eigenvalue weighted by molar-refractivity contribution is 0.628. The van der Waals surface area contributed by atoms with Crippen LogP contribution in [0.2, 0.25) is 0 Å². The number of aromatic amines is 1. The molecule has 0 aliphatic carbocycles. The lowest BCUT2D eigenvalue weighted by Crippen LogP contribution is -2.14. The predicted octanol–water partition coefficient (Wildman–Crippen LogP) is 2.19. The van der Waals surface area contributed by atoms with Crippen LogP contribution >= 0.6 is 0 Å². The van der Waals surface area contributed by atoms with E-state index in [1.807, 2.05) is 0 Å². The summed E-state index contributed by atoms with van der Waals surface area (Å²) in [6, 6.07) is 5.94. The molecule has 0 bridgehead atoms. The Morgan fingerprint density at radius 2 is 1.81 bits per heavy atom. The minimum Gasteiger partial charge on any atom is -0.311 e. The van der Waals surface area contributed by atoms with Crippen LogP contribution in [0.1, 0.15) is 11.4 Å². The van der Waals surface area contributed by atoms with Crippen molar-refractivity contribution >= 4 is 0 Å². The van der Waals surface area contributed by atoms with Crippen LogP contribution < -0.4 is 5.56 Å². The number of nitrogens with one attached hydrogen (secondary N) is 1. The van der Waals surface area contributed by atoms with E-state index in [1.165, 1.54) is 12.1 Å². The molecule has 3 nitrogen and oxygen atoms in total. The van der Waals surface area contributed by atoms with Gasteiger partial charge in [0.15, 0.2) is 0 Å². The highest BCUT2D eigenvalue weighted by atomic mass is 19.1. The molecule has 16 heavy (non-hydrogen) atoms. The molecule has 0 aliphatic heterocycles. The summed E-state index contributed by atoms with van der Waals surface area (Å²) in [4.78, 5) is 18.4. The molecule has 4 heteroatoms. The van der Waals surface area contributed by atoms with E-state index in [0.29, 0.717) is 17.1 Å². The van der Waals surface area contributed by atoms with Gasteiger partial charge in [0.1, 0.15) is 11.6 Å². The van der Waals surface area contributed by atoms with Crippen molar-refractivity contribution in [2.75, 3.05) is 0 Å². The van der Waals surface area contributed by atoms with Gasteiger partial charge >= 0.3 is 0 Å². The van der Waals surface area contributed by atoms with Crippen molar-refractivity contribution in [1.29, 1.82) is 0 Å². The van der Waals surface area contributed by atoms with Crippen molar-refractivity contribution in [3.8, 4) is 11.3 Å². The molecule has 0 unspecified atom stereocenters. The lowest BCUT2D eigenvalue weighted by Gasteiger charge is -2.05. The maximum Gasteiger partial charge on any atom is 0.254 e. The van der Waals surface area contributed by atoms with Crippen LogP contribution in [0.5, 0.6) is 0 Å². The van der Waals surface area contributed by atoms with Crippen molar-refractivity contribution in [2.24, 2.45) is 0 Å². The van der Waals surface area contributed by atoms with Crippen LogP contribution in [0.3, 0.4) is 0 Å². The van der Waals surface area contributed by atoms with Crippen LogP contribution in [0.15, 0.2) is 29.1 Å². The fraction of sp³-hybridized carbons (Fsp3) is 0.167. The second kappa shape index (κ2) is 3.89. The molecule has 1 heterocycles. The zero-order valence-corrected chi connectivity index (χ0v) is 9.04. The van der Waals surface area contributed by atoms with E-state index in [1.54, 1.807) is 26.0 Å². The number of halogens is 1. The van der Waals surface area contributed by atoms with Gasteiger partial charge in [-0.05, 0) is 38.1 Å². The second-order valence-corrected chi connectivity index (χ2v) is 3.63. The minimum atomic E-state index is -0.303. The van der Waals surface area contributed by atoms with Gasteiger partial charge in [0.05, 0.1) is 5.69 Å². The molecule has 82 valence electrons. The first kappa shape index (κ1) is 10.5. The molecule has 0 spiro atoms. The number of nitrogens with zero attached hydrogens (tertiary/aromatic N) is 1. The minimum absolute atomic E-state index is 0.160. The van der Waals surface area contributed by atoms with Crippen LogP contribution in [-0.2, 0) is 0 Å². The molecule has 0 aliphatic rings. The molecule has 1 N–H and O–H groups in total. The first-order chi connectivity index (χ1) is 7.58. The van der Waals surface area contributed by atoms with E-state index in [-0.39, 0.29) is 11.4 Å². The fourth-order valence-corrected chi connectivity index (χ4v) is 1.53. The van der Waals surface area contributed by atoms with Gasteiger partial charge in [-0.3, -0.25) is 4.79 Å². The summed E-state index contributed by atoms with van der Waals surface area (Å²) in [7, 11) is 0. The van der Waals surface area contributed by atoms with E-state index in [2.05, 4.69) is 9.97 Å². The van der Waals surface area contributed by atoms with E-state index < -0.39 is 0 Å². The van der Waals surface area contributed by atoms with Crippen LogP contribution in [0, 0.1) is 19.7 Å². The number of aromatic nitrogens is 2. The van der Waals surface area contributed by atoms with Crippen molar-refractivity contribution in [2.45, 2.75) is 13.8 Å². The van der Waals surface area contributed by atoms with Gasteiger partial charge in [0, 0.05) is 11.1 Å². The SMILES string of the molecule is Cc1nc(-c2ccc(F)cc2)c(C)c(=O)[nH]1. The number of hydrogen-bond donors (Lipinski definition) is 1. The molecule has 0 fully saturated rings. The van der Waals surface area contributed by atoms with E-state index in [0.717, 1.165) is 5.56 Å². The molecule has 0 atom stereocenters. The van der Waals surface area contributed by atoms with Gasteiger partial charge < -0.3 is 4.98 Å². The summed E-state index contributed by atoms with van der Waals surface area (Å²) >= 11 is 0. The third-order valence-corrected chi connectivity index (χ3v) is 2.39. The highest BCUT2D eigenvalue weighted by Gasteiger charge is 2.07. The van der Waals surface area contributed by atoms with Gasteiger partial charge in [-0.25, -0.2) is 9.37 Å². The van der Waals surface area contributed by atoms with E-state index in [4.69, 9.17) is 0 Å². The molecular weight excluding hydrogens is 207 g/mol. The predicted molar refractivity (Wildman–Crippen MR) is 59.7 cm³/mol. The Kier molecular flexibility index (Phi) is 2.56. The van der Waals surface area contributed by atoms with E-state index >= 15 is 0 Å². The summed E-state index contributed by atoms with van der Waals surface area (Å²) in [5.41, 5.74) is 1.72. The molecular formula is C12H11FN2O. The highest BCUT2D eigenvalue weighted by Crippen LogP contribution is 2.18. The van der Waals surface area contributed by atoms with Crippen LogP contribution in [0.4, 0.5) is 4.39 Å². The highest BCUT2D eigenvalue weighted by molar-refractivity contribution is 5.62. The normalized spacial score (nSPS) is 10.4. The molecule has 1 aromatic carbocycles. The fourth-order valence-electron chi connectivity index (χ4n) is 1.53. The lowest BCUT2D eigenvalue weighted by atomic mass is 10.1. The first-order valence-electron chi connectivity index (χ1n) is 4.91. The van der Waals surface area contributed by atoms with Crippen molar-refractivity contribution in [3.05, 3.63) is 51.8 Å². The zero-order valence-electron chi connectivity index (χ0n) is 9.04. The van der Waals surface area contributed by atoms with Gasteiger partial charge in [-0.2, -0.15) is 0 Å². The Morgan fingerprint density at radius 3 is 2.44 bits per heavy atom. The van der Waals surface area contributed by atoms with Crippen molar-refractivity contribution < 1.29 is 4.39 Å². The zero-order chi connectivity index (χ0) is 11.7. The number of rotatable bonds is 1. The smallest absolute Gasteiger partial charge is 0.254 e.